The van der Waals surface area contributed by atoms with Crippen molar-refractivity contribution in [2.24, 2.45) is 16.1 Å². The Bertz CT molecular complexity index is 732. The molecule has 2 aliphatic heterocycles. The largest absolute Gasteiger partial charge is 0.356 e. The van der Waals surface area contributed by atoms with Crippen LogP contribution < -0.4 is 5.32 Å². The van der Waals surface area contributed by atoms with Crippen molar-refractivity contribution in [2.75, 3.05) is 19.6 Å². The van der Waals surface area contributed by atoms with Gasteiger partial charge in [-0.3, -0.25) is 9.59 Å². The second-order valence-electron chi connectivity index (χ2n) is 7.34. The van der Waals surface area contributed by atoms with Gasteiger partial charge in [-0.2, -0.15) is 10.2 Å². The Morgan fingerprint density at radius 2 is 2.07 bits per heavy atom. The Labute approximate surface area is 160 Å². The number of amides is 2. The highest BCUT2D eigenvalue weighted by Crippen LogP contribution is 2.37. The van der Waals surface area contributed by atoms with Gasteiger partial charge in [0, 0.05) is 57.7 Å². The second-order valence-corrected chi connectivity index (χ2v) is 7.34. The van der Waals surface area contributed by atoms with E-state index in [1.807, 2.05) is 23.1 Å². The lowest BCUT2D eigenvalue weighted by atomic mass is 10.0. The third-order valence-corrected chi connectivity index (χ3v) is 5.20. The van der Waals surface area contributed by atoms with Crippen molar-refractivity contribution in [3.63, 3.8) is 0 Å². The molecule has 2 amide bonds. The normalized spacial score (nSPS) is 19.7. The van der Waals surface area contributed by atoms with Gasteiger partial charge in [0.25, 0.3) is 0 Å². The molecule has 1 aromatic rings. The van der Waals surface area contributed by atoms with Crippen LogP contribution in [-0.2, 0) is 16.0 Å². The molecular formula is C21H26N4O2. The van der Waals surface area contributed by atoms with Crippen molar-refractivity contribution in [2.45, 2.75) is 44.2 Å². The summed E-state index contributed by atoms with van der Waals surface area (Å²) in [4.78, 5) is 26.2. The molecule has 142 valence electrons. The zero-order valence-corrected chi connectivity index (χ0v) is 15.6. The first-order valence-corrected chi connectivity index (χ1v) is 9.56. The summed E-state index contributed by atoms with van der Waals surface area (Å²) in [5, 5.41) is 11.0. The predicted molar refractivity (Wildman–Crippen MR) is 103 cm³/mol. The van der Waals surface area contributed by atoms with E-state index in [4.69, 9.17) is 6.42 Å². The maximum absolute atomic E-state index is 12.2. The van der Waals surface area contributed by atoms with E-state index >= 15 is 0 Å². The second kappa shape index (κ2) is 8.81. The van der Waals surface area contributed by atoms with Crippen LogP contribution in [0.4, 0.5) is 0 Å². The molecule has 0 radical (unpaired) electrons. The number of likely N-dealkylation sites (tertiary alicyclic amines) is 1. The number of hydrogen-bond donors (Lipinski definition) is 1. The number of hydrogen-bond acceptors (Lipinski definition) is 4. The van der Waals surface area contributed by atoms with Crippen LogP contribution in [0.3, 0.4) is 0 Å². The van der Waals surface area contributed by atoms with Crippen LogP contribution in [0.1, 0.15) is 37.7 Å². The van der Waals surface area contributed by atoms with Gasteiger partial charge in [0.05, 0.1) is 0 Å². The SMILES string of the molecule is C#CCCC1(CCC(=O)NCC2CC(=O)N(CCc3ccccc3)C2)N=N1. The van der Waals surface area contributed by atoms with E-state index in [1.165, 1.54) is 5.56 Å². The summed E-state index contributed by atoms with van der Waals surface area (Å²) in [5.41, 5.74) is 0.818. The van der Waals surface area contributed by atoms with Crippen molar-refractivity contribution < 1.29 is 9.59 Å². The maximum atomic E-state index is 12.2. The highest BCUT2D eigenvalue weighted by Gasteiger charge is 2.39. The van der Waals surface area contributed by atoms with Gasteiger partial charge >= 0.3 is 0 Å². The average Bonchev–Trinajstić information content (AvgIpc) is 3.37. The number of nitrogens with one attached hydrogen (secondary N) is 1. The molecule has 0 aromatic heterocycles. The first-order valence-electron chi connectivity index (χ1n) is 9.56. The molecule has 0 saturated carbocycles. The van der Waals surface area contributed by atoms with Crippen LogP contribution in [0.2, 0.25) is 0 Å². The van der Waals surface area contributed by atoms with E-state index < -0.39 is 5.66 Å². The summed E-state index contributed by atoms with van der Waals surface area (Å²) in [6.45, 7) is 1.98. The summed E-state index contributed by atoms with van der Waals surface area (Å²) in [7, 11) is 0. The van der Waals surface area contributed by atoms with E-state index in [9.17, 15) is 9.59 Å². The van der Waals surface area contributed by atoms with Crippen LogP contribution in [-0.4, -0.2) is 42.0 Å². The van der Waals surface area contributed by atoms with Gasteiger partial charge in [0.15, 0.2) is 5.66 Å². The zero-order valence-electron chi connectivity index (χ0n) is 15.6. The average molecular weight is 366 g/mol. The summed E-state index contributed by atoms with van der Waals surface area (Å²) in [6, 6.07) is 10.2. The molecule has 27 heavy (non-hydrogen) atoms. The quantitative estimate of drug-likeness (QED) is 0.646. The van der Waals surface area contributed by atoms with Crippen molar-refractivity contribution in [3.8, 4) is 12.3 Å². The zero-order chi connectivity index (χ0) is 19.1. The van der Waals surface area contributed by atoms with Crippen LogP contribution >= 0.6 is 0 Å². The summed E-state index contributed by atoms with van der Waals surface area (Å²) < 4.78 is 0. The minimum atomic E-state index is -0.415. The van der Waals surface area contributed by atoms with Gasteiger partial charge in [0.2, 0.25) is 11.8 Å². The number of carbonyl (C=O) groups excluding carboxylic acids is 2. The number of benzene rings is 1. The number of nitrogens with zero attached hydrogens (tertiary/aromatic N) is 3. The van der Waals surface area contributed by atoms with E-state index in [0.29, 0.717) is 45.2 Å². The van der Waals surface area contributed by atoms with E-state index in [1.54, 1.807) is 0 Å². The van der Waals surface area contributed by atoms with E-state index in [-0.39, 0.29) is 17.7 Å². The molecule has 1 unspecified atom stereocenters. The summed E-state index contributed by atoms with van der Waals surface area (Å²) >= 11 is 0. The number of rotatable bonds is 10. The lowest BCUT2D eigenvalue weighted by Gasteiger charge is -2.17. The molecule has 1 atom stereocenters. The monoisotopic (exact) mass is 366 g/mol. The topological polar surface area (TPSA) is 74.1 Å². The molecule has 0 bridgehead atoms. The fourth-order valence-electron chi connectivity index (χ4n) is 3.44. The molecule has 6 heteroatoms. The van der Waals surface area contributed by atoms with Crippen molar-refractivity contribution >= 4 is 11.8 Å². The van der Waals surface area contributed by atoms with Crippen LogP contribution in [0.15, 0.2) is 40.6 Å². The van der Waals surface area contributed by atoms with Crippen LogP contribution in [0, 0.1) is 18.3 Å². The van der Waals surface area contributed by atoms with E-state index in [2.05, 4.69) is 33.6 Å². The van der Waals surface area contributed by atoms with Crippen molar-refractivity contribution in [1.29, 1.82) is 0 Å². The highest BCUT2D eigenvalue weighted by atomic mass is 16.2. The lowest BCUT2D eigenvalue weighted by molar-refractivity contribution is -0.127. The van der Waals surface area contributed by atoms with Gasteiger partial charge in [-0.05, 0) is 12.0 Å². The molecule has 2 heterocycles. The van der Waals surface area contributed by atoms with Crippen molar-refractivity contribution in [1.82, 2.24) is 10.2 Å². The van der Waals surface area contributed by atoms with Gasteiger partial charge < -0.3 is 10.2 Å². The molecule has 0 spiro atoms. The fourth-order valence-corrected chi connectivity index (χ4v) is 3.44. The first kappa shape index (κ1) is 19.1. The Balaban J connectivity index is 1.33. The maximum Gasteiger partial charge on any atom is 0.223 e. The van der Waals surface area contributed by atoms with Gasteiger partial charge in [-0.15, -0.1) is 12.3 Å². The lowest BCUT2D eigenvalue weighted by Crippen LogP contribution is -2.32. The van der Waals surface area contributed by atoms with Crippen LogP contribution in [0.25, 0.3) is 0 Å². The fraction of sp³-hybridized carbons (Fsp3) is 0.524. The molecule has 6 nitrogen and oxygen atoms in total. The number of carbonyl (C=O) groups is 2. The van der Waals surface area contributed by atoms with Crippen molar-refractivity contribution in [3.05, 3.63) is 35.9 Å². The number of terminal acetylenes is 1. The Hall–Kier alpha value is -2.68. The molecule has 1 fully saturated rings. The Morgan fingerprint density at radius 3 is 2.78 bits per heavy atom. The van der Waals surface area contributed by atoms with E-state index in [0.717, 1.165) is 13.0 Å². The minimum absolute atomic E-state index is 0.0115. The Kier molecular flexibility index (Phi) is 6.23. The molecule has 0 aliphatic carbocycles. The third kappa shape index (κ3) is 5.65. The Morgan fingerprint density at radius 1 is 1.30 bits per heavy atom. The standard InChI is InChI=1S/C21H26N4O2/c1-2-3-11-21(23-24-21)12-9-19(26)22-15-18-14-20(27)25(16-18)13-10-17-7-5-4-6-8-17/h1,4-8,18H,3,9-16H2,(H,22,26). The van der Waals surface area contributed by atoms with Gasteiger partial charge in [0.1, 0.15) is 0 Å². The smallest absolute Gasteiger partial charge is 0.223 e. The molecule has 2 aliphatic rings. The molecule has 1 saturated heterocycles. The molecule has 1 aromatic carbocycles. The molecular weight excluding hydrogens is 340 g/mol. The highest BCUT2D eigenvalue weighted by molar-refractivity contribution is 5.79. The summed E-state index contributed by atoms with van der Waals surface area (Å²) in [5.74, 6) is 2.93. The minimum Gasteiger partial charge on any atom is -0.356 e. The summed E-state index contributed by atoms with van der Waals surface area (Å²) in [6.07, 6.45) is 8.96. The van der Waals surface area contributed by atoms with Gasteiger partial charge in [-0.1, -0.05) is 30.3 Å². The predicted octanol–water partition coefficient (Wildman–Crippen LogP) is 2.55. The van der Waals surface area contributed by atoms with Gasteiger partial charge in [-0.25, -0.2) is 0 Å². The molecule has 1 N–H and O–H groups in total. The third-order valence-electron chi connectivity index (χ3n) is 5.20. The first-order chi connectivity index (χ1) is 13.1. The molecule has 3 rings (SSSR count). The van der Waals surface area contributed by atoms with Crippen LogP contribution in [0.5, 0.6) is 0 Å².